The smallest absolute Gasteiger partial charge is 0.0192 e. The third-order valence-electron chi connectivity index (χ3n) is 3.71. The SMILES string of the molecule is CCCCCC(C)N1CCCC(NC)C1. The molecule has 0 aromatic rings. The first kappa shape index (κ1) is 13.0. The summed E-state index contributed by atoms with van der Waals surface area (Å²) in [5.41, 5.74) is 0. The molecule has 0 aromatic heterocycles. The first-order valence-corrected chi connectivity index (χ1v) is 6.69. The van der Waals surface area contributed by atoms with Gasteiger partial charge >= 0.3 is 0 Å². The van der Waals surface area contributed by atoms with Gasteiger partial charge < -0.3 is 5.32 Å². The largest absolute Gasteiger partial charge is 0.316 e. The van der Waals surface area contributed by atoms with E-state index in [0.29, 0.717) is 0 Å². The molecule has 0 spiro atoms. The van der Waals surface area contributed by atoms with Gasteiger partial charge in [0.25, 0.3) is 0 Å². The van der Waals surface area contributed by atoms with Crippen LogP contribution in [0, 0.1) is 0 Å². The third-order valence-corrected chi connectivity index (χ3v) is 3.71. The van der Waals surface area contributed by atoms with Crippen molar-refractivity contribution in [3.63, 3.8) is 0 Å². The van der Waals surface area contributed by atoms with Crippen LogP contribution in [0.4, 0.5) is 0 Å². The molecule has 0 saturated carbocycles. The van der Waals surface area contributed by atoms with Crippen LogP contribution in [0.5, 0.6) is 0 Å². The molecule has 2 unspecified atom stereocenters. The van der Waals surface area contributed by atoms with E-state index in [9.17, 15) is 0 Å². The van der Waals surface area contributed by atoms with E-state index >= 15 is 0 Å². The number of hydrogen-bond acceptors (Lipinski definition) is 2. The van der Waals surface area contributed by atoms with Gasteiger partial charge in [0.15, 0.2) is 0 Å². The van der Waals surface area contributed by atoms with Crippen LogP contribution < -0.4 is 5.32 Å². The summed E-state index contributed by atoms with van der Waals surface area (Å²) in [5.74, 6) is 0. The molecule has 1 aliphatic heterocycles. The van der Waals surface area contributed by atoms with Gasteiger partial charge in [-0.05, 0) is 39.8 Å². The van der Waals surface area contributed by atoms with Gasteiger partial charge in [0.2, 0.25) is 0 Å². The minimum atomic E-state index is 0.729. The van der Waals surface area contributed by atoms with Gasteiger partial charge in [0.05, 0.1) is 0 Å². The van der Waals surface area contributed by atoms with E-state index in [4.69, 9.17) is 0 Å². The zero-order valence-corrected chi connectivity index (χ0v) is 10.8. The van der Waals surface area contributed by atoms with Crippen molar-refractivity contribution in [1.29, 1.82) is 0 Å². The van der Waals surface area contributed by atoms with Crippen LogP contribution in [0.1, 0.15) is 52.4 Å². The van der Waals surface area contributed by atoms with Gasteiger partial charge in [-0.3, -0.25) is 4.90 Å². The Kier molecular flexibility index (Phi) is 6.26. The first-order valence-electron chi connectivity index (χ1n) is 6.69. The van der Waals surface area contributed by atoms with Gasteiger partial charge in [-0.15, -0.1) is 0 Å². The lowest BCUT2D eigenvalue weighted by atomic mass is 10.0. The Hall–Kier alpha value is -0.0800. The molecule has 1 aliphatic rings. The van der Waals surface area contributed by atoms with Crippen LogP contribution in [0.25, 0.3) is 0 Å². The lowest BCUT2D eigenvalue weighted by Gasteiger charge is -2.36. The number of piperidine rings is 1. The maximum atomic E-state index is 3.41. The van der Waals surface area contributed by atoms with Crippen LogP contribution in [-0.2, 0) is 0 Å². The molecule has 0 bridgehead atoms. The second-order valence-electron chi connectivity index (χ2n) is 4.97. The summed E-state index contributed by atoms with van der Waals surface area (Å²) in [4.78, 5) is 2.67. The van der Waals surface area contributed by atoms with Crippen LogP contribution in [0.15, 0.2) is 0 Å². The van der Waals surface area contributed by atoms with E-state index < -0.39 is 0 Å². The van der Waals surface area contributed by atoms with Crippen LogP contribution >= 0.6 is 0 Å². The van der Waals surface area contributed by atoms with E-state index in [1.54, 1.807) is 0 Å². The van der Waals surface area contributed by atoms with E-state index in [2.05, 4.69) is 31.1 Å². The Labute approximate surface area is 95.4 Å². The molecule has 0 aliphatic carbocycles. The van der Waals surface area contributed by atoms with Crippen LogP contribution in [-0.4, -0.2) is 37.1 Å². The van der Waals surface area contributed by atoms with Crippen molar-refractivity contribution < 1.29 is 0 Å². The highest BCUT2D eigenvalue weighted by atomic mass is 15.2. The average Bonchev–Trinajstić information content (AvgIpc) is 2.29. The number of hydrogen-bond donors (Lipinski definition) is 1. The van der Waals surface area contributed by atoms with Gasteiger partial charge in [-0.25, -0.2) is 0 Å². The molecule has 0 amide bonds. The molecule has 0 radical (unpaired) electrons. The fourth-order valence-corrected chi connectivity index (χ4v) is 2.51. The predicted molar refractivity (Wildman–Crippen MR) is 67.3 cm³/mol. The molecule has 2 heteroatoms. The van der Waals surface area contributed by atoms with Crippen molar-refractivity contribution in [2.45, 2.75) is 64.5 Å². The minimum absolute atomic E-state index is 0.729. The van der Waals surface area contributed by atoms with Gasteiger partial charge in [-0.1, -0.05) is 26.2 Å². The van der Waals surface area contributed by atoms with Gasteiger partial charge in [-0.2, -0.15) is 0 Å². The summed E-state index contributed by atoms with van der Waals surface area (Å²) in [5, 5.41) is 3.41. The molecular formula is C13H28N2. The number of likely N-dealkylation sites (N-methyl/N-ethyl adjacent to an activating group) is 1. The summed E-state index contributed by atoms with van der Waals surface area (Å²) >= 11 is 0. The Morgan fingerprint density at radius 3 is 2.87 bits per heavy atom. The van der Waals surface area contributed by atoms with Crippen molar-refractivity contribution in [1.82, 2.24) is 10.2 Å². The Balaban J connectivity index is 2.22. The third kappa shape index (κ3) is 4.52. The summed E-state index contributed by atoms with van der Waals surface area (Å²) in [6.45, 7) is 7.24. The molecule has 2 atom stereocenters. The second-order valence-corrected chi connectivity index (χ2v) is 4.97. The zero-order valence-electron chi connectivity index (χ0n) is 10.8. The van der Waals surface area contributed by atoms with Crippen molar-refractivity contribution >= 4 is 0 Å². The molecule has 0 aromatic carbocycles. The number of nitrogens with zero attached hydrogens (tertiary/aromatic N) is 1. The number of unbranched alkanes of at least 4 members (excludes halogenated alkanes) is 2. The highest BCUT2D eigenvalue weighted by Crippen LogP contribution is 2.16. The summed E-state index contributed by atoms with van der Waals surface area (Å²) < 4.78 is 0. The Bertz CT molecular complexity index is 159. The van der Waals surface area contributed by atoms with Gasteiger partial charge in [0.1, 0.15) is 0 Å². The molecule has 1 rings (SSSR count). The quantitative estimate of drug-likeness (QED) is 0.681. The fourth-order valence-electron chi connectivity index (χ4n) is 2.51. The molecule has 1 fully saturated rings. The molecule has 1 N–H and O–H groups in total. The van der Waals surface area contributed by atoms with Crippen molar-refractivity contribution in [3.8, 4) is 0 Å². The van der Waals surface area contributed by atoms with E-state index in [0.717, 1.165) is 12.1 Å². The van der Waals surface area contributed by atoms with Crippen LogP contribution in [0.3, 0.4) is 0 Å². The van der Waals surface area contributed by atoms with Crippen molar-refractivity contribution in [3.05, 3.63) is 0 Å². The highest BCUT2D eigenvalue weighted by Gasteiger charge is 2.21. The summed E-state index contributed by atoms with van der Waals surface area (Å²) in [6, 6.07) is 1.51. The summed E-state index contributed by atoms with van der Waals surface area (Å²) in [6.07, 6.45) is 8.24. The standard InChI is InChI=1S/C13H28N2/c1-4-5-6-8-12(2)15-10-7-9-13(11-15)14-3/h12-14H,4-11H2,1-3H3. The normalized spacial score (nSPS) is 25.4. The van der Waals surface area contributed by atoms with Crippen molar-refractivity contribution in [2.75, 3.05) is 20.1 Å². The molecule has 2 nitrogen and oxygen atoms in total. The Morgan fingerprint density at radius 1 is 1.40 bits per heavy atom. The number of likely N-dealkylation sites (tertiary alicyclic amines) is 1. The molecule has 1 saturated heterocycles. The van der Waals surface area contributed by atoms with E-state index in [-0.39, 0.29) is 0 Å². The Morgan fingerprint density at radius 2 is 2.20 bits per heavy atom. The molecular weight excluding hydrogens is 184 g/mol. The monoisotopic (exact) mass is 212 g/mol. The number of nitrogens with one attached hydrogen (secondary N) is 1. The fraction of sp³-hybridized carbons (Fsp3) is 1.00. The number of rotatable bonds is 6. The zero-order chi connectivity index (χ0) is 11.1. The highest BCUT2D eigenvalue weighted by molar-refractivity contribution is 4.80. The van der Waals surface area contributed by atoms with Crippen molar-refractivity contribution in [2.24, 2.45) is 0 Å². The maximum Gasteiger partial charge on any atom is 0.0192 e. The average molecular weight is 212 g/mol. The lowest BCUT2D eigenvalue weighted by molar-refractivity contribution is 0.141. The van der Waals surface area contributed by atoms with E-state index in [1.807, 2.05) is 0 Å². The van der Waals surface area contributed by atoms with E-state index in [1.165, 1.54) is 51.6 Å². The minimum Gasteiger partial charge on any atom is -0.316 e. The molecule has 15 heavy (non-hydrogen) atoms. The topological polar surface area (TPSA) is 15.3 Å². The predicted octanol–water partition coefficient (Wildman–Crippen LogP) is 2.64. The molecule has 90 valence electrons. The lowest BCUT2D eigenvalue weighted by Crippen LogP contribution is -2.47. The van der Waals surface area contributed by atoms with Crippen LogP contribution in [0.2, 0.25) is 0 Å². The van der Waals surface area contributed by atoms with Gasteiger partial charge in [0, 0.05) is 18.6 Å². The first-order chi connectivity index (χ1) is 7.27. The maximum absolute atomic E-state index is 3.41. The molecule has 1 heterocycles. The second kappa shape index (κ2) is 7.24. The summed E-state index contributed by atoms with van der Waals surface area (Å²) in [7, 11) is 2.09.